The molecular weight excluding hydrogens is 272 g/mol. The van der Waals surface area contributed by atoms with Gasteiger partial charge in [0.15, 0.2) is 0 Å². The predicted octanol–water partition coefficient (Wildman–Crippen LogP) is 6.36. The number of hydrogen-bond donors (Lipinski definition) is 0. The second-order valence-corrected chi connectivity index (χ2v) is 6.48. The summed E-state index contributed by atoms with van der Waals surface area (Å²) in [5, 5.41) is 0. The van der Waals surface area contributed by atoms with Gasteiger partial charge in [0, 0.05) is 11.8 Å². The number of carbonyl (C=O) groups excluding carboxylic acids is 2. The van der Waals surface area contributed by atoms with Crippen LogP contribution in [0.3, 0.4) is 0 Å². The molecule has 0 N–H and O–H groups in total. The van der Waals surface area contributed by atoms with Gasteiger partial charge in [-0.1, -0.05) is 66.2 Å². The smallest absolute Gasteiger partial charge is 0.132 e. The molecule has 22 heavy (non-hydrogen) atoms. The molecule has 1 saturated carbocycles. The molecule has 2 nitrogen and oxygen atoms in total. The van der Waals surface area contributed by atoms with Crippen molar-refractivity contribution in [1.29, 1.82) is 0 Å². The Labute approximate surface area is 139 Å². The quantitative estimate of drug-likeness (QED) is 0.571. The number of ketones is 2. The highest BCUT2D eigenvalue weighted by Crippen LogP contribution is 2.29. The van der Waals surface area contributed by atoms with Crippen LogP contribution >= 0.6 is 0 Å². The lowest BCUT2D eigenvalue weighted by molar-refractivity contribution is -0.126. The zero-order chi connectivity index (χ0) is 17.4. The summed E-state index contributed by atoms with van der Waals surface area (Å²) < 4.78 is 0. The first kappa shape index (κ1) is 23.6. The summed E-state index contributed by atoms with van der Waals surface area (Å²) in [6.07, 6.45) is 11.8. The molecule has 0 atom stereocenters. The summed E-state index contributed by atoms with van der Waals surface area (Å²) in [6, 6.07) is 0. The monoisotopic (exact) mass is 312 g/mol. The first-order valence-electron chi connectivity index (χ1n) is 9.45. The molecule has 0 aromatic heterocycles. The minimum Gasteiger partial charge on any atom is -0.300 e. The zero-order valence-electron chi connectivity index (χ0n) is 16.0. The van der Waals surface area contributed by atoms with Gasteiger partial charge in [-0.05, 0) is 39.5 Å². The van der Waals surface area contributed by atoms with Crippen LogP contribution in [0, 0.1) is 11.8 Å². The van der Waals surface area contributed by atoms with Gasteiger partial charge in [-0.15, -0.1) is 0 Å². The van der Waals surface area contributed by atoms with Crippen LogP contribution in [0.5, 0.6) is 0 Å². The number of hydrogen-bond acceptors (Lipinski definition) is 2. The molecule has 0 saturated heterocycles. The minimum atomic E-state index is 0.237. The van der Waals surface area contributed by atoms with Crippen molar-refractivity contribution in [2.24, 2.45) is 11.8 Å². The Kier molecular flexibility index (Phi) is 17.9. The minimum absolute atomic E-state index is 0.237. The molecule has 1 rings (SSSR count). The molecule has 0 spiro atoms. The Morgan fingerprint density at radius 3 is 0.955 bits per heavy atom. The van der Waals surface area contributed by atoms with Gasteiger partial charge in [0.05, 0.1) is 0 Å². The topological polar surface area (TPSA) is 34.1 Å². The average Bonchev–Trinajstić information content (AvgIpc) is 2.50. The Bertz CT molecular complexity index is 231. The number of Topliss-reactive ketones (excluding diaryl/α,β-unsaturated/α-hetero) is 2. The maximum Gasteiger partial charge on any atom is 0.132 e. The van der Waals surface area contributed by atoms with Crippen LogP contribution in [-0.4, -0.2) is 11.6 Å². The first-order chi connectivity index (χ1) is 10.4. The Balaban J connectivity index is 0. The zero-order valence-corrected chi connectivity index (χ0v) is 16.0. The molecule has 1 fully saturated rings. The van der Waals surface area contributed by atoms with E-state index in [2.05, 4.69) is 27.7 Å². The second kappa shape index (κ2) is 16.7. The molecule has 1 aliphatic rings. The Hall–Kier alpha value is -0.660. The largest absolute Gasteiger partial charge is 0.300 e. The fraction of sp³-hybridized carbons (Fsp3) is 0.900. The van der Waals surface area contributed by atoms with Crippen molar-refractivity contribution in [3.63, 3.8) is 0 Å². The van der Waals surface area contributed by atoms with Crippen LogP contribution in [0.2, 0.25) is 0 Å². The van der Waals surface area contributed by atoms with Crippen molar-refractivity contribution < 1.29 is 9.59 Å². The van der Waals surface area contributed by atoms with E-state index in [1.807, 2.05) is 0 Å². The maximum atomic E-state index is 11.0. The highest BCUT2D eigenvalue weighted by molar-refractivity contribution is 5.80. The van der Waals surface area contributed by atoms with E-state index in [1.54, 1.807) is 13.8 Å². The molecule has 0 amide bonds. The standard InChI is InChI=1S/C10H16O2.2C5H12/c1-7(11)9-3-5-10(6-4-9)8(2)12;2*1-3-5-4-2/h9-10H,3-6H2,1-2H3;2*3-5H2,1-2H3. The van der Waals surface area contributed by atoms with Gasteiger partial charge in [-0.25, -0.2) is 0 Å². The van der Waals surface area contributed by atoms with Gasteiger partial charge < -0.3 is 0 Å². The lowest BCUT2D eigenvalue weighted by Crippen LogP contribution is -2.23. The van der Waals surface area contributed by atoms with Gasteiger partial charge in [0.1, 0.15) is 11.6 Å². The molecule has 0 radical (unpaired) electrons. The van der Waals surface area contributed by atoms with Gasteiger partial charge in [0.25, 0.3) is 0 Å². The summed E-state index contributed by atoms with van der Waals surface area (Å²) in [6.45, 7) is 12.2. The molecule has 2 heteroatoms. The van der Waals surface area contributed by atoms with Crippen LogP contribution in [0.4, 0.5) is 0 Å². The fourth-order valence-electron chi connectivity index (χ4n) is 2.61. The summed E-state index contributed by atoms with van der Waals surface area (Å²) in [5.74, 6) is 1.05. The van der Waals surface area contributed by atoms with Crippen molar-refractivity contribution >= 4 is 11.6 Å². The van der Waals surface area contributed by atoms with E-state index in [-0.39, 0.29) is 23.4 Å². The van der Waals surface area contributed by atoms with Gasteiger partial charge in [0.2, 0.25) is 0 Å². The van der Waals surface area contributed by atoms with Crippen molar-refractivity contribution in [1.82, 2.24) is 0 Å². The van der Waals surface area contributed by atoms with E-state index in [0.29, 0.717) is 0 Å². The molecule has 0 aliphatic heterocycles. The lowest BCUT2D eigenvalue weighted by atomic mass is 9.79. The van der Waals surface area contributed by atoms with Crippen LogP contribution in [0.25, 0.3) is 0 Å². The summed E-state index contributed by atoms with van der Waals surface area (Å²) in [5.41, 5.74) is 0. The molecule has 0 aromatic rings. The van der Waals surface area contributed by atoms with E-state index < -0.39 is 0 Å². The number of rotatable bonds is 6. The molecule has 0 bridgehead atoms. The van der Waals surface area contributed by atoms with E-state index in [4.69, 9.17) is 0 Å². The molecule has 0 heterocycles. The van der Waals surface area contributed by atoms with Crippen molar-refractivity contribution in [2.45, 2.75) is 106 Å². The van der Waals surface area contributed by atoms with Crippen molar-refractivity contribution in [2.75, 3.05) is 0 Å². The van der Waals surface area contributed by atoms with Crippen LogP contribution in [0.1, 0.15) is 106 Å². The lowest BCUT2D eigenvalue weighted by Gasteiger charge is -2.24. The van der Waals surface area contributed by atoms with E-state index in [9.17, 15) is 9.59 Å². The molecular formula is C20H40O2. The third-order valence-corrected chi connectivity index (χ3v) is 4.29. The number of carbonyl (C=O) groups is 2. The average molecular weight is 313 g/mol. The predicted molar refractivity (Wildman–Crippen MR) is 97.2 cm³/mol. The third-order valence-electron chi connectivity index (χ3n) is 4.29. The first-order valence-corrected chi connectivity index (χ1v) is 9.45. The van der Waals surface area contributed by atoms with Crippen molar-refractivity contribution in [3.05, 3.63) is 0 Å². The second-order valence-electron chi connectivity index (χ2n) is 6.48. The summed E-state index contributed by atoms with van der Waals surface area (Å²) in [4.78, 5) is 22.0. The van der Waals surface area contributed by atoms with E-state index >= 15 is 0 Å². The summed E-state index contributed by atoms with van der Waals surface area (Å²) in [7, 11) is 0. The highest BCUT2D eigenvalue weighted by atomic mass is 16.1. The van der Waals surface area contributed by atoms with Crippen molar-refractivity contribution in [3.8, 4) is 0 Å². The van der Waals surface area contributed by atoms with E-state index in [1.165, 1.54) is 38.5 Å². The SMILES string of the molecule is CC(=O)C1CCC(C(C)=O)CC1.CCCCC.CCCCC. The maximum absolute atomic E-state index is 11.0. The fourth-order valence-corrected chi connectivity index (χ4v) is 2.61. The number of unbranched alkanes of at least 4 members (excludes halogenated alkanes) is 4. The van der Waals surface area contributed by atoms with Crippen LogP contribution in [-0.2, 0) is 9.59 Å². The van der Waals surface area contributed by atoms with E-state index in [0.717, 1.165) is 25.7 Å². The molecule has 0 aromatic carbocycles. The molecule has 0 unspecified atom stereocenters. The van der Waals surface area contributed by atoms with Gasteiger partial charge >= 0.3 is 0 Å². The Morgan fingerprint density at radius 2 is 0.864 bits per heavy atom. The summed E-state index contributed by atoms with van der Waals surface area (Å²) >= 11 is 0. The molecule has 1 aliphatic carbocycles. The third kappa shape index (κ3) is 14.3. The molecule has 132 valence electrons. The van der Waals surface area contributed by atoms with Gasteiger partial charge in [-0.2, -0.15) is 0 Å². The van der Waals surface area contributed by atoms with Gasteiger partial charge in [-0.3, -0.25) is 9.59 Å². The Morgan fingerprint density at radius 1 is 0.636 bits per heavy atom. The van der Waals surface area contributed by atoms with Crippen LogP contribution < -0.4 is 0 Å². The van der Waals surface area contributed by atoms with Crippen LogP contribution in [0.15, 0.2) is 0 Å². The normalized spacial score (nSPS) is 20.1. The highest BCUT2D eigenvalue weighted by Gasteiger charge is 2.25.